The normalized spacial score (nSPS) is 40.0. The molecule has 88 valence electrons. The zero-order chi connectivity index (χ0) is 10.7. The standard InChI is InChI=1S/C13H26N2/c1-11-7-12(2)10-15(9-11)13-5-3-4-6-14-8-13/h11-14H,3-10H2,1-2H3. The molecule has 2 fully saturated rings. The monoisotopic (exact) mass is 210 g/mol. The van der Waals surface area contributed by atoms with E-state index in [1.54, 1.807) is 0 Å². The van der Waals surface area contributed by atoms with Crippen LogP contribution in [-0.2, 0) is 0 Å². The lowest BCUT2D eigenvalue weighted by Crippen LogP contribution is -2.48. The summed E-state index contributed by atoms with van der Waals surface area (Å²) in [5.41, 5.74) is 0. The van der Waals surface area contributed by atoms with Crippen molar-refractivity contribution in [2.24, 2.45) is 11.8 Å². The molecular weight excluding hydrogens is 184 g/mol. The SMILES string of the molecule is CC1CC(C)CN(C2CCCCNC2)C1. The second kappa shape index (κ2) is 5.31. The van der Waals surface area contributed by atoms with E-state index in [2.05, 4.69) is 24.1 Å². The molecule has 2 saturated heterocycles. The van der Waals surface area contributed by atoms with E-state index in [1.165, 1.54) is 51.9 Å². The molecule has 15 heavy (non-hydrogen) atoms. The fourth-order valence-electron chi connectivity index (χ4n) is 3.32. The van der Waals surface area contributed by atoms with Crippen LogP contribution in [0.15, 0.2) is 0 Å². The van der Waals surface area contributed by atoms with E-state index in [0.29, 0.717) is 0 Å². The van der Waals surface area contributed by atoms with Crippen LogP contribution < -0.4 is 5.32 Å². The molecule has 0 spiro atoms. The molecule has 0 radical (unpaired) electrons. The van der Waals surface area contributed by atoms with Crippen molar-refractivity contribution in [3.63, 3.8) is 0 Å². The van der Waals surface area contributed by atoms with Crippen molar-refractivity contribution in [3.05, 3.63) is 0 Å². The first-order valence-corrected chi connectivity index (χ1v) is 6.70. The van der Waals surface area contributed by atoms with E-state index in [1.807, 2.05) is 0 Å². The second-order valence-electron chi connectivity index (χ2n) is 5.75. The fourth-order valence-corrected chi connectivity index (χ4v) is 3.32. The maximum atomic E-state index is 3.58. The molecule has 0 aromatic carbocycles. The van der Waals surface area contributed by atoms with E-state index in [9.17, 15) is 0 Å². The zero-order valence-electron chi connectivity index (χ0n) is 10.3. The summed E-state index contributed by atoms with van der Waals surface area (Å²) in [6.07, 6.45) is 5.62. The highest BCUT2D eigenvalue weighted by Gasteiger charge is 2.27. The minimum Gasteiger partial charge on any atom is -0.315 e. The van der Waals surface area contributed by atoms with E-state index in [4.69, 9.17) is 0 Å². The van der Waals surface area contributed by atoms with Gasteiger partial charge in [0, 0.05) is 25.7 Å². The molecule has 2 aliphatic heterocycles. The average molecular weight is 210 g/mol. The lowest BCUT2D eigenvalue weighted by Gasteiger charge is -2.40. The molecule has 2 rings (SSSR count). The summed E-state index contributed by atoms with van der Waals surface area (Å²) in [5.74, 6) is 1.80. The number of rotatable bonds is 1. The van der Waals surface area contributed by atoms with Gasteiger partial charge in [-0.3, -0.25) is 4.90 Å². The summed E-state index contributed by atoms with van der Waals surface area (Å²) in [4.78, 5) is 2.75. The van der Waals surface area contributed by atoms with Crippen molar-refractivity contribution < 1.29 is 0 Å². The Kier molecular flexibility index (Phi) is 4.04. The summed E-state index contributed by atoms with van der Waals surface area (Å²) in [6.45, 7) is 9.93. The third-order valence-electron chi connectivity index (χ3n) is 3.93. The molecule has 2 heteroatoms. The maximum Gasteiger partial charge on any atom is 0.0220 e. The predicted octanol–water partition coefficient (Wildman–Crippen LogP) is 2.11. The van der Waals surface area contributed by atoms with Crippen LogP contribution in [0.5, 0.6) is 0 Å². The highest BCUT2D eigenvalue weighted by atomic mass is 15.2. The fraction of sp³-hybridized carbons (Fsp3) is 1.00. The molecule has 2 aliphatic rings. The van der Waals surface area contributed by atoms with E-state index >= 15 is 0 Å². The van der Waals surface area contributed by atoms with Gasteiger partial charge in [0.05, 0.1) is 0 Å². The first kappa shape index (κ1) is 11.4. The molecular formula is C13H26N2. The van der Waals surface area contributed by atoms with E-state index in [0.717, 1.165) is 17.9 Å². The van der Waals surface area contributed by atoms with Crippen LogP contribution in [-0.4, -0.2) is 37.1 Å². The lowest BCUT2D eigenvalue weighted by atomic mass is 9.90. The van der Waals surface area contributed by atoms with Gasteiger partial charge in [0.25, 0.3) is 0 Å². The van der Waals surface area contributed by atoms with Gasteiger partial charge < -0.3 is 5.32 Å². The third kappa shape index (κ3) is 3.18. The highest BCUT2D eigenvalue weighted by Crippen LogP contribution is 2.24. The number of hydrogen-bond donors (Lipinski definition) is 1. The van der Waals surface area contributed by atoms with Crippen LogP contribution in [0.25, 0.3) is 0 Å². The van der Waals surface area contributed by atoms with Gasteiger partial charge >= 0.3 is 0 Å². The summed E-state index contributed by atoms with van der Waals surface area (Å²) in [5, 5.41) is 3.58. The molecule has 0 aromatic rings. The highest BCUT2D eigenvalue weighted by molar-refractivity contribution is 4.83. The number of hydrogen-bond acceptors (Lipinski definition) is 2. The minimum absolute atomic E-state index is 0.817. The van der Waals surface area contributed by atoms with Gasteiger partial charge in [0.1, 0.15) is 0 Å². The molecule has 1 N–H and O–H groups in total. The lowest BCUT2D eigenvalue weighted by molar-refractivity contribution is 0.0923. The molecule has 3 unspecified atom stereocenters. The molecule has 3 atom stereocenters. The van der Waals surface area contributed by atoms with Gasteiger partial charge in [-0.05, 0) is 37.6 Å². The quantitative estimate of drug-likeness (QED) is 0.713. The van der Waals surface area contributed by atoms with Crippen molar-refractivity contribution in [2.75, 3.05) is 26.2 Å². The molecule has 2 heterocycles. The zero-order valence-corrected chi connectivity index (χ0v) is 10.3. The van der Waals surface area contributed by atoms with Crippen molar-refractivity contribution in [2.45, 2.75) is 45.6 Å². The van der Waals surface area contributed by atoms with Crippen molar-refractivity contribution >= 4 is 0 Å². The molecule has 2 nitrogen and oxygen atoms in total. The summed E-state index contributed by atoms with van der Waals surface area (Å²) in [7, 11) is 0. The van der Waals surface area contributed by atoms with Crippen molar-refractivity contribution in [1.82, 2.24) is 10.2 Å². The van der Waals surface area contributed by atoms with E-state index < -0.39 is 0 Å². The Morgan fingerprint density at radius 1 is 1.07 bits per heavy atom. The number of nitrogens with one attached hydrogen (secondary N) is 1. The van der Waals surface area contributed by atoms with Crippen LogP contribution in [0.1, 0.15) is 39.5 Å². The topological polar surface area (TPSA) is 15.3 Å². The van der Waals surface area contributed by atoms with Gasteiger partial charge in [-0.1, -0.05) is 20.3 Å². The van der Waals surface area contributed by atoms with Crippen molar-refractivity contribution in [3.8, 4) is 0 Å². The summed E-state index contributed by atoms with van der Waals surface area (Å²) >= 11 is 0. The second-order valence-corrected chi connectivity index (χ2v) is 5.75. The molecule has 0 bridgehead atoms. The Morgan fingerprint density at radius 2 is 1.80 bits per heavy atom. The largest absolute Gasteiger partial charge is 0.315 e. The van der Waals surface area contributed by atoms with Gasteiger partial charge in [0.15, 0.2) is 0 Å². The Balaban J connectivity index is 1.89. The molecule has 0 amide bonds. The summed E-state index contributed by atoms with van der Waals surface area (Å²) < 4.78 is 0. The first-order chi connectivity index (χ1) is 7.25. The Labute approximate surface area is 94.4 Å². The minimum atomic E-state index is 0.817. The van der Waals surface area contributed by atoms with Gasteiger partial charge in [-0.15, -0.1) is 0 Å². The van der Waals surface area contributed by atoms with Gasteiger partial charge in [-0.25, -0.2) is 0 Å². The number of piperidine rings is 1. The van der Waals surface area contributed by atoms with Crippen molar-refractivity contribution in [1.29, 1.82) is 0 Å². The van der Waals surface area contributed by atoms with Crippen LogP contribution >= 0.6 is 0 Å². The molecule has 0 aromatic heterocycles. The predicted molar refractivity (Wildman–Crippen MR) is 65.0 cm³/mol. The summed E-state index contributed by atoms with van der Waals surface area (Å²) in [6, 6.07) is 0.817. The van der Waals surface area contributed by atoms with Crippen LogP contribution in [0.2, 0.25) is 0 Å². The Bertz CT molecular complexity index is 175. The van der Waals surface area contributed by atoms with Crippen LogP contribution in [0, 0.1) is 11.8 Å². The molecule has 0 aliphatic carbocycles. The third-order valence-corrected chi connectivity index (χ3v) is 3.93. The Hall–Kier alpha value is -0.0800. The van der Waals surface area contributed by atoms with Crippen LogP contribution in [0.4, 0.5) is 0 Å². The number of nitrogens with zero attached hydrogens (tertiary/aromatic N) is 1. The maximum absolute atomic E-state index is 3.58. The van der Waals surface area contributed by atoms with Gasteiger partial charge in [0.2, 0.25) is 0 Å². The average Bonchev–Trinajstić information content (AvgIpc) is 2.43. The van der Waals surface area contributed by atoms with Crippen LogP contribution in [0.3, 0.4) is 0 Å². The number of likely N-dealkylation sites (tertiary alicyclic amines) is 1. The van der Waals surface area contributed by atoms with Gasteiger partial charge in [-0.2, -0.15) is 0 Å². The van der Waals surface area contributed by atoms with E-state index in [-0.39, 0.29) is 0 Å². The smallest absolute Gasteiger partial charge is 0.0220 e. The Morgan fingerprint density at radius 3 is 2.53 bits per heavy atom. The molecule has 0 saturated carbocycles. The first-order valence-electron chi connectivity index (χ1n) is 6.70.